The third-order valence-corrected chi connectivity index (χ3v) is 8.06. The second-order valence-corrected chi connectivity index (χ2v) is 10.0. The number of hydrogen-bond acceptors (Lipinski definition) is 6. The van der Waals surface area contributed by atoms with Crippen molar-refractivity contribution >= 4 is 0 Å². The Balaban J connectivity index is 1.62. The Hall–Kier alpha value is -3.59. The summed E-state index contributed by atoms with van der Waals surface area (Å²) in [7, 11) is 1.60. The van der Waals surface area contributed by atoms with Crippen molar-refractivity contribution in [2.24, 2.45) is 0 Å². The fourth-order valence-corrected chi connectivity index (χ4v) is 5.95. The number of benzene rings is 2. The molecule has 0 aliphatic carbocycles. The number of hydrogen-bond donors (Lipinski definition) is 1. The van der Waals surface area contributed by atoms with Gasteiger partial charge in [0.15, 0.2) is 29.1 Å². The van der Waals surface area contributed by atoms with Crippen LogP contribution in [-0.4, -0.2) is 37.6 Å². The third kappa shape index (κ3) is 4.18. The minimum absolute atomic E-state index is 0.313. The third-order valence-electron chi connectivity index (χ3n) is 8.06. The molecule has 2 aromatic heterocycles. The van der Waals surface area contributed by atoms with Gasteiger partial charge in [0.25, 0.3) is 0 Å². The summed E-state index contributed by atoms with van der Waals surface area (Å²) in [6.45, 7) is 6.35. The molecule has 1 aliphatic heterocycles. The summed E-state index contributed by atoms with van der Waals surface area (Å²) >= 11 is 0. The normalized spacial score (nSPS) is 17.4. The fraction of sp³-hybridized carbons (Fsp3) is 0.414. The zero-order valence-electron chi connectivity index (χ0n) is 22.1. The highest BCUT2D eigenvalue weighted by atomic mass is 19.2. The van der Waals surface area contributed by atoms with Crippen molar-refractivity contribution in [1.29, 1.82) is 0 Å². The summed E-state index contributed by atoms with van der Waals surface area (Å²) in [5, 5.41) is 21.2. The molecule has 200 valence electrons. The largest absolute Gasteiger partial charge is 0.496 e. The number of fused-ring (bicyclic) bond motifs is 1. The molecule has 0 radical (unpaired) electrons. The second-order valence-electron chi connectivity index (χ2n) is 10.0. The lowest BCUT2D eigenvalue weighted by atomic mass is 9.61. The number of aliphatic hydroxyl groups is 1. The topological polar surface area (TPSA) is 86.2 Å². The number of ether oxygens (including phenoxy) is 1. The Labute approximate surface area is 220 Å². The fourth-order valence-electron chi connectivity index (χ4n) is 5.95. The highest BCUT2D eigenvalue weighted by molar-refractivity contribution is 5.71. The molecule has 1 unspecified atom stereocenters. The van der Waals surface area contributed by atoms with Crippen LogP contribution in [0.4, 0.5) is 8.78 Å². The summed E-state index contributed by atoms with van der Waals surface area (Å²) in [5.41, 5.74) is 0.239. The van der Waals surface area contributed by atoms with Gasteiger partial charge in [0.1, 0.15) is 11.6 Å². The van der Waals surface area contributed by atoms with Crippen molar-refractivity contribution in [2.75, 3.05) is 7.11 Å². The molecule has 0 fully saturated rings. The van der Waals surface area contributed by atoms with Gasteiger partial charge in [-0.25, -0.2) is 13.8 Å². The average Bonchev–Trinajstić information content (AvgIpc) is 3.57. The molecule has 3 heterocycles. The highest BCUT2D eigenvalue weighted by Crippen LogP contribution is 2.49. The first-order valence-electron chi connectivity index (χ1n) is 13.0. The van der Waals surface area contributed by atoms with E-state index in [9.17, 15) is 13.9 Å². The first kappa shape index (κ1) is 26.0. The van der Waals surface area contributed by atoms with Gasteiger partial charge in [-0.3, -0.25) is 0 Å². The Morgan fingerprint density at radius 1 is 1.11 bits per heavy atom. The SMILES string of the molecule is CCC(O)(CC)C1(Cc2ccc(F)c(F)c2)CCCn2c(-c3ccc(-c4cnc(C)o4)c(OC)c3)nnc21. The van der Waals surface area contributed by atoms with E-state index >= 15 is 0 Å². The van der Waals surface area contributed by atoms with Crippen LogP contribution >= 0.6 is 0 Å². The molecule has 0 saturated carbocycles. The molecule has 4 aromatic rings. The van der Waals surface area contributed by atoms with Gasteiger partial charge in [-0.15, -0.1) is 10.2 Å². The maximum absolute atomic E-state index is 14.2. The quantitative estimate of drug-likeness (QED) is 0.305. The monoisotopic (exact) mass is 522 g/mol. The van der Waals surface area contributed by atoms with E-state index in [1.54, 1.807) is 26.3 Å². The maximum Gasteiger partial charge on any atom is 0.191 e. The van der Waals surface area contributed by atoms with Crippen LogP contribution in [-0.2, 0) is 18.4 Å². The molecule has 0 amide bonds. The van der Waals surface area contributed by atoms with E-state index in [4.69, 9.17) is 9.15 Å². The maximum atomic E-state index is 14.2. The van der Waals surface area contributed by atoms with Crippen molar-refractivity contribution in [2.45, 2.75) is 70.4 Å². The van der Waals surface area contributed by atoms with E-state index in [0.717, 1.165) is 23.6 Å². The van der Waals surface area contributed by atoms with Crippen LogP contribution in [0.1, 0.15) is 56.8 Å². The molecule has 38 heavy (non-hydrogen) atoms. The van der Waals surface area contributed by atoms with Gasteiger partial charge < -0.3 is 18.8 Å². The first-order chi connectivity index (χ1) is 18.2. The zero-order valence-corrected chi connectivity index (χ0v) is 22.1. The number of oxazole rings is 1. The summed E-state index contributed by atoms with van der Waals surface area (Å²) in [6.07, 6.45) is 4.36. The predicted molar refractivity (Wildman–Crippen MR) is 139 cm³/mol. The highest BCUT2D eigenvalue weighted by Gasteiger charge is 2.53. The average molecular weight is 523 g/mol. The Bertz CT molecular complexity index is 1460. The van der Waals surface area contributed by atoms with E-state index in [1.165, 1.54) is 6.07 Å². The summed E-state index contributed by atoms with van der Waals surface area (Å²) in [5.74, 6) is 1.30. The van der Waals surface area contributed by atoms with Crippen molar-refractivity contribution in [1.82, 2.24) is 19.7 Å². The summed E-state index contributed by atoms with van der Waals surface area (Å²) in [6, 6.07) is 9.66. The number of halogens is 2. The smallest absolute Gasteiger partial charge is 0.191 e. The molecular weight excluding hydrogens is 490 g/mol. The van der Waals surface area contributed by atoms with Crippen LogP contribution in [0, 0.1) is 18.6 Å². The predicted octanol–water partition coefficient (Wildman–Crippen LogP) is 6.02. The van der Waals surface area contributed by atoms with E-state index in [1.807, 2.05) is 36.6 Å². The van der Waals surface area contributed by atoms with Crippen molar-refractivity contribution in [3.63, 3.8) is 0 Å². The lowest BCUT2D eigenvalue weighted by Crippen LogP contribution is -2.55. The first-order valence-corrected chi connectivity index (χ1v) is 13.0. The van der Waals surface area contributed by atoms with Gasteiger partial charge >= 0.3 is 0 Å². The molecule has 1 atom stereocenters. The number of aryl methyl sites for hydroxylation is 1. The number of rotatable bonds is 8. The molecule has 9 heteroatoms. The molecule has 1 aliphatic rings. The molecule has 0 saturated heterocycles. The molecule has 1 N–H and O–H groups in total. The Kier molecular flexibility index (Phi) is 6.81. The summed E-state index contributed by atoms with van der Waals surface area (Å²) in [4.78, 5) is 4.18. The lowest BCUT2D eigenvalue weighted by Gasteiger charge is -2.48. The van der Waals surface area contributed by atoms with Crippen molar-refractivity contribution in [3.8, 4) is 28.5 Å². The van der Waals surface area contributed by atoms with Gasteiger partial charge in [0.2, 0.25) is 0 Å². The van der Waals surface area contributed by atoms with Crippen LogP contribution in [0.2, 0.25) is 0 Å². The second kappa shape index (κ2) is 9.94. The van der Waals surface area contributed by atoms with Crippen LogP contribution < -0.4 is 4.74 Å². The standard InChI is InChI=1S/C29H32F2N4O3/c1-5-29(36,6-2)28(16-19-8-11-22(30)23(31)14-19)12-7-13-35-26(33-34-27(28)35)20-9-10-21(24(15-20)37-4)25-17-32-18(3)38-25/h8-11,14-15,17,36H,5-7,12-13,16H2,1-4H3. The number of nitrogens with zero attached hydrogens (tertiary/aromatic N) is 4. The molecule has 7 nitrogen and oxygen atoms in total. The van der Waals surface area contributed by atoms with Gasteiger partial charge in [-0.1, -0.05) is 26.0 Å². The van der Waals surface area contributed by atoms with Crippen LogP contribution in [0.3, 0.4) is 0 Å². The minimum Gasteiger partial charge on any atom is -0.496 e. The minimum atomic E-state index is -1.12. The molecule has 0 bridgehead atoms. The number of aromatic nitrogens is 4. The Morgan fingerprint density at radius 2 is 1.89 bits per heavy atom. The van der Waals surface area contributed by atoms with Gasteiger partial charge in [-0.2, -0.15) is 0 Å². The van der Waals surface area contributed by atoms with Gasteiger partial charge in [-0.05, 0) is 61.9 Å². The van der Waals surface area contributed by atoms with Crippen molar-refractivity contribution in [3.05, 3.63) is 71.5 Å². The molecule has 5 rings (SSSR count). The van der Waals surface area contributed by atoms with Crippen LogP contribution in [0.5, 0.6) is 5.75 Å². The van der Waals surface area contributed by atoms with E-state index in [2.05, 4.69) is 15.2 Å². The Morgan fingerprint density at radius 3 is 2.55 bits per heavy atom. The van der Waals surface area contributed by atoms with Crippen molar-refractivity contribution < 1.29 is 23.0 Å². The van der Waals surface area contributed by atoms with Crippen LogP contribution in [0.25, 0.3) is 22.7 Å². The van der Waals surface area contributed by atoms with Gasteiger partial charge in [0, 0.05) is 19.0 Å². The lowest BCUT2D eigenvalue weighted by molar-refractivity contribution is -0.0631. The van der Waals surface area contributed by atoms with Gasteiger partial charge in [0.05, 0.1) is 29.9 Å². The zero-order chi connectivity index (χ0) is 27.1. The van der Waals surface area contributed by atoms with Crippen LogP contribution in [0.15, 0.2) is 47.0 Å². The molecule has 0 spiro atoms. The number of methoxy groups -OCH3 is 1. The van der Waals surface area contributed by atoms with E-state index < -0.39 is 22.7 Å². The van der Waals surface area contributed by atoms with E-state index in [-0.39, 0.29) is 0 Å². The molecular formula is C29H32F2N4O3. The van der Waals surface area contributed by atoms with E-state index in [0.29, 0.717) is 66.8 Å². The molecule has 2 aromatic carbocycles. The summed E-state index contributed by atoms with van der Waals surface area (Å²) < 4.78 is 41.3.